The number of carboxylic acid groups (broad SMARTS) is 1. The second-order valence-corrected chi connectivity index (χ2v) is 2.80. The van der Waals surface area contributed by atoms with Gasteiger partial charge in [0.15, 0.2) is 0 Å². The van der Waals surface area contributed by atoms with Gasteiger partial charge in [-0.2, -0.15) is 0 Å². The Morgan fingerprint density at radius 3 is 2.33 bits per heavy atom. The van der Waals surface area contributed by atoms with Crippen LogP contribution in [-0.2, 0) is 6.67 Å². The van der Waals surface area contributed by atoms with Crippen LogP contribution in [0.4, 0.5) is 4.39 Å². The predicted molar refractivity (Wildman–Crippen MR) is 51.3 cm³/mol. The molecule has 0 aliphatic heterocycles. The molecule has 1 N–H and O–H groups in total. The van der Waals surface area contributed by atoms with Gasteiger partial charge in [-0.15, -0.1) is 0 Å². The Balaban J connectivity index is 3.34. The molecule has 1 aromatic carbocycles. The normalized spacial score (nSPS) is 9.80. The average molecular weight is 214 g/mol. The third-order valence-corrected chi connectivity index (χ3v) is 1.98. The SMILES string of the molecule is COc1cc(C(=O)O)c(OC)cc1CF. The highest BCUT2D eigenvalue weighted by atomic mass is 19.1. The van der Waals surface area contributed by atoms with E-state index in [0.717, 1.165) is 0 Å². The molecule has 1 aromatic rings. The highest BCUT2D eigenvalue weighted by Gasteiger charge is 2.15. The van der Waals surface area contributed by atoms with E-state index in [2.05, 4.69) is 0 Å². The molecule has 0 radical (unpaired) electrons. The molecule has 0 saturated heterocycles. The first-order valence-electron chi connectivity index (χ1n) is 4.18. The molecule has 0 aromatic heterocycles. The largest absolute Gasteiger partial charge is 0.496 e. The topological polar surface area (TPSA) is 55.8 Å². The van der Waals surface area contributed by atoms with Gasteiger partial charge in [0, 0.05) is 5.56 Å². The molecule has 1 rings (SSSR count). The average Bonchev–Trinajstić information content (AvgIpc) is 2.26. The van der Waals surface area contributed by atoms with Crippen LogP contribution in [0.1, 0.15) is 15.9 Å². The standard InChI is InChI=1S/C10H11FO4/c1-14-8-4-7(10(12)13)9(15-2)3-6(8)5-11/h3-4H,5H2,1-2H3,(H,12,13). The van der Waals surface area contributed by atoms with Crippen LogP contribution in [0.3, 0.4) is 0 Å². The minimum absolute atomic E-state index is 0.0495. The number of hydrogen-bond donors (Lipinski definition) is 1. The van der Waals surface area contributed by atoms with E-state index in [1.807, 2.05) is 0 Å². The summed E-state index contributed by atoms with van der Waals surface area (Å²) in [6.07, 6.45) is 0. The zero-order valence-electron chi connectivity index (χ0n) is 8.41. The van der Waals surface area contributed by atoms with E-state index in [1.165, 1.54) is 26.4 Å². The van der Waals surface area contributed by atoms with Crippen LogP contribution in [0.25, 0.3) is 0 Å². The molecule has 0 bridgehead atoms. The third-order valence-electron chi connectivity index (χ3n) is 1.98. The minimum Gasteiger partial charge on any atom is -0.496 e. The maximum absolute atomic E-state index is 12.5. The number of carboxylic acids is 1. The summed E-state index contributed by atoms with van der Waals surface area (Å²) in [5, 5.41) is 8.85. The fourth-order valence-corrected chi connectivity index (χ4v) is 1.23. The van der Waals surface area contributed by atoms with E-state index in [-0.39, 0.29) is 22.6 Å². The Hall–Kier alpha value is -1.78. The van der Waals surface area contributed by atoms with Crippen LogP contribution in [0, 0.1) is 0 Å². The molecule has 0 spiro atoms. The monoisotopic (exact) mass is 214 g/mol. The number of hydrogen-bond acceptors (Lipinski definition) is 3. The van der Waals surface area contributed by atoms with Crippen LogP contribution in [0.2, 0.25) is 0 Å². The predicted octanol–water partition coefficient (Wildman–Crippen LogP) is 1.87. The van der Waals surface area contributed by atoms with E-state index in [4.69, 9.17) is 14.6 Å². The molecular formula is C10H11FO4. The van der Waals surface area contributed by atoms with Crippen molar-refractivity contribution >= 4 is 5.97 Å². The van der Waals surface area contributed by atoms with Gasteiger partial charge < -0.3 is 14.6 Å². The number of benzene rings is 1. The van der Waals surface area contributed by atoms with Gasteiger partial charge in [-0.3, -0.25) is 0 Å². The lowest BCUT2D eigenvalue weighted by atomic mass is 10.1. The van der Waals surface area contributed by atoms with Gasteiger partial charge in [0.2, 0.25) is 0 Å². The van der Waals surface area contributed by atoms with Crippen LogP contribution in [0.15, 0.2) is 12.1 Å². The number of halogens is 1. The van der Waals surface area contributed by atoms with Crippen molar-refractivity contribution in [2.45, 2.75) is 6.67 Å². The zero-order chi connectivity index (χ0) is 11.4. The summed E-state index contributed by atoms with van der Waals surface area (Å²) < 4.78 is 22.3. The Kier molecular flexibility index (Phi) is 3.49. The fourth-order valence-electron chi connectivity index (χ4n) is 1.23. The lowest BCUT2D eigenvalue weighted by Gasteiger charge is -2.10. The minimum atomic E-state index is -1.14. The molecule has 4 nitrogen and oxygen atoms in total. The molecule has 0 aliphatic rings. The van der Waals surface area contributed by atoms with Crippen molar-refractivity contribution in [2.75, 3.05) is 14.2 Å². The first-order valence-corrected chi connectivity index (χ1v) is 4.18. The molecule has 0 fully saturated rings. The van der Waals surface area contributed by atoms with Crippen LogP contribution >= 0.6 is 0 Å². The van der Waals surface area contributed by atoms with E-state index in [9.17, 15) is 9.18 Å². The van der Waals surface area contributed by atoms with Crippen molar-refractivity contribution in [2.24, 2.45) is 0 Å². The lowest BCUT2D eigenvalue weighted by molar-refractivity contribution is 0.0693. The van der Waals surface area contributed by atoms with Gasteiger partial charge in [0.25, 0.3) is 0 Å². The van der Waals surface area contributed by atoms with Crippen LogP contribution < -0.4 is 9.47 Å². The summed E-state index contributed by atoms with van der Waals surface area (Å²) >= 11 is 0. The summed E-state index contributed by atoms with van der Waals surface area (Å²) in [5.41, 5.74) is 0.214. The maximum atomic E-state index is 12.5. The van der Waals surface area contributed by atoms with E-state index in [0.29, 0.717) is 0 Å². The van der Waals surface area contributed by atoms with Crippen molar-refractivity contribution in [3.8, 4) is 11.5 Å². The quantitative estimate of drug-likeness (QED) is 0.831. The van der Waals surface area contributed by atoms with Crippen molar-refractivity contribution in [3.63, 3.8) is 0 Å². The van der Waals surface area contributed by atoms with Crippen molar-refractivity contribution < 1.29 is 23.8 Å². The summed E-state index contributed by atoms with van der Waals surface area (Å²) in [7, 11) is 2.68. The second kappa shape index (κ2) is 4.63. The first-order chi connectivity index (χ1) is 7.13. The molecule has 0 saturated carbocycles. The Labute approximate surface area is 86.2 Å². The summed E-state index contributed by atoms with van der Waals surface area (Å²) in [6, 6.07) is 2.57. The maximum Gasteiger partial charge on any atom is 0.339 e. The smallest absolute Gasteiger partial charge is 0.339 e. The summed E-state index contributed by atoms with van der Waals surface area (Å²) in [6.45, 7) is -0.737. The molecule has 0 aliphatic carbocycles. The van der Waals surface area contributed by atoms with Crippen LogP contribution in [0.5, 0.6) is 11.5 Å². The number of methoxy groups -OCH3 is 2. The Morgan fingerprint density at radius 1 is 1.33 bits per heavy atom. The first kappa shape index (κ1) is 11.3. The van der Waals surface area contributed by atoms with Gasteiger partial charge in [0.1, 0.15) is 23.7 Å². The number of aromatic carboxylic acids is 1. The van der Waals surface area contributed by atoms with Crippen molar-refractivity contribution in [1.82, 2.24) is 0 Å². The van der Waals surface area contributed by atoms with Gasteiger partial charge in [-0.25, -0.2) is 9.18 Å². The number of ether oxygens (including phenoxy) is 2. The molecule has 82 valence electrons. The molecule has 0 atom stereocenters. The highest BCUT2D eigenvalue weighted by Crippen LogP contribution is 2.29. The summed E-state index contributed by atoms with van der Waals surface area (Å²) in [4.78, 5) is 10.8. The molecule has 15 heavy (non-hydrogen) atoms. The van der Waals surface area contributed by atoms with Crippen molar-refractivity contribution in [3.05, 3.63) is 23.3 Å². The fraction of sp³-hybridized carbons (Fsp3) is 0.300. The number of rotatable bonds is 4. The molecule has 0 heterocycles. The second-order valence-electron chi connectivity index (χ2n) is 2.80. The summed E-state index contributed by atoms with van der Waals surface area (Å²) in [5.74, 6) is -0.817. The third kappa shape index (κ3) is 2.18. The number of alkyl halides is 1. The Bertz CT molecular complexity index is 376. The zero-order valence-corrected chi connectivity index (χ0v) is 8.41. The molecule has 0 amide bonds. The van der Waals surface area contributed by atoms with Gasteiger partial charge in [0.05, 0.1) is 14.2 Å². The molecule has 0 unspecified atom stereocenters. The van der Waals surface area contributed by atoms with Gasteiger partial charge >= 0.3 is 5.97 Å². The number of carbonyl (C=O) groups is 1. The van der Waals surface area contributed by atoms with Gasteiger partial charge in [-0.05, 0) is 12.1 Å². The molecule has 5 heteroatoms. The Morgan fingerprint density at radius 2 is 1.93 bits per heavy atom. The lowest BCUT2D eigenvalue weighted by Crippen LogP contribution is -2.03. The van der Waals surface area contributed by atoms with Crippen LogP contribution in [-0.4, -0.2) is 25.3 Å². The van der Waals surface area contributed by atoms with Gasteiger partial charge in [-0.1, -0.05) is 0 Å². The highest BCUT2D eigenvalue weighted by molar-refractivity contribution is 5.91. The molecular weight excluding hydrogens is 203 g/mol. The van der Waals surface area contributed by atoms with Crippen molar-refractivity contribution in [1.29, 1.82) is 0 Å². The van der Waals surface area contributed by atoms with E-state index >= 15 is 0 Å². The van der Waals surface area contributed by atoms with E-state index < -0.39 is 12.6 Å². The van der Waals surface area contributed by atoms with E-state index in [1.54, 1.807) is 0 Å².